The van der Waals surface area contributed by atoms with Crippen LogP contribution in [0.1, 0.15) is 32.8 Å². The monoisotopic (exact) mass is 262 g/mol. The third-order valence-corrected chi connectivity index (χ3v) is 2.40. The summed E-state index contributed by atoms with van der Waals surface area (Å²) < 4.78 is 0. The molecule has 0 aromatic heterocycles. The van der Waals surface area contributed by atoms with Crippen molar-refractivity contribution in [2.24, 2.45) is 0 Å². The van der Waals surface area contributed by atoms with Gasteiger partial charge in [-0.1, -0.05) is 30.3 Å². The van der Waals surface area contributed by atoms with E-state index in [0.29, 0.717) is 19.4 Å². The molecule has 0 heterocycles. The average Bonchev–Trinajstić information content (AvgIpc) is 2.27. The van der Waals surface area contributed by atoms with Gasteiger partial charge in [-0.2, -0.15) is 0 Å². The lowest BCUT2D eigenvalue weighted by Gasteiger charge is -2.20. The molecular formula is C15H22N2O2. The number of benzene rings is 1. The van der Waals surface area contributed by atoms with E-state index in [9.17, 15) is 9.59 Å². The summed E-state index contributed by atoms with van der Waals surface area (Å²) in [6.07, 6.45) is 0.652. The fraction of sp³-hybridized carbons (Fsp3) is 0.467. The van der Waals surface area contributed by atoms with Crippen LogP contribution in [0.15, 0.2) is 30.3 Å². The molecule has 0 unspecified atom stereocenters. The van der Waals surface area contributed by atoms with Gasteiger partial charge in [0.15, 0.2) is 0 Å². The Bertz CT molecular complexity index is 422. The summed E-state index contributed by atoms with van der Waals surface area (Å²) in [5.41, 5.74) is 0.740. The van der Waals surface area contributed by atoms with Gasteiger partial charge in [0.1, 0.15) is 0 Å². The molecule has 0 aliphatic rings. The number of hydrogen-bond donors (Lipinski definition) is 2. The van der Waals surface area contributed by atoms with Crippen LogP contribution in [0, 0.1) is 0 Å². The molecule has 0 fully saturated rings. The van der Waals surface area contributed by atoms with Gasteiger partial charge in [0.25, 0.3) is 0 Å². The first-order valence-electron chi connectivity index (χ1n) is 6.48. The van der Waals surface area contributed by atoms with Crippen molar-refractivity contribution in [2.45, 2.75) is 39.2 Å². The van der Waals surface area contributed by atoms with Crippen molar-refractivity contribution < 1.29 is 9.59 Å². The van der Waals surface area contributed by atoms with Gasteiger partial charge in [0.2, 0.25) is 11.8 Å². The van der Waals surface area contributed by atoms with E-state index in [2.05, 4.69) is 10.6 Å². The largest absolute Gasteiger partial charge is 0.355 e. The minimum atomic E-state index is -0.231. The Morgan fingerprint density at radius 3 is 2.26 bits per heavy atom. The van der Waals surface area contributed by atoms with Crippen LogP contribution >= 0.6 is 0 Å². The molecule has 4 nitrogen and oxygen atoms in total. The first-order valence-corrected chi connectivity index (χ1v) is 6.48. The van der Waals surface area contributed by atoms with Crippen molar-refractivity contribution in [2.75, 3.05) is 6.54 Å². The minimum Gasteiger partial charge on any atom is -0.355 e. The Morgan fingerprint density at radius 1 is 1.05 bits per heavy atom. The molecule has 1 aromatic carbocycles. The van der Waals surface area contributed by atoms with Crippen LogP contribution in [0.3, 0.4) is 0 Å². The lowest BCUT2D eigenvalue weighted by molar-refractivity contribution is -0.123. The lowest BCUT2D eigenvalue weighted by atomic mass is 10.1. The third-order valence-electron chi connectivity index (χ3n) is 2.40. The van der Waals surface area contributed by atoms with Gasteiger partial charge >= 0.3 is 0 Å². The van der Waals surface area contributed by atoms with Crippen molar-refractivity contribution in [3.8, 4) is 0 Å². The second-order valence-corrected chi connectivity index (χ2v) is 5.56. The minimum absolute atomic E-state index is 0.0486. The molecule has 0 spiro atoms. The maximum Gasteiger partial charge on any atom is 0.224 e. The van der Waals surface area contributed by atoms with Crippen LogP contribution in [0.2, 0.25) is 0 Å². The summed E-state index contributed by atoms with van der Waals surface area (Å²) in [5, 5.41) is 5.60. The molecule has 0 radical (unpaired) electrons. The highest BCUT2D eigenvalue weighted by Crippen LogP contribution is 2.00. The normalized spacial score (nSPS) is 10.9. The van der Waals surface area contributed by atoms with E-state index in [1.165, 1.54) is 0 Å². The second-order valence-electron chi connectivity index (χ2n) is 5.56. The summed E-state index contributed by atoms with van der Waals surface area (Å²) >= 11 is 0. The molecule has 0 aliphatic carbocycles. The number of amides is 2. The molecule has 0 bridgehead atoms. The molecule has 0 saturated heterocycles. The Balaban J connectivity index is 2.23. The van der Waals surface area contributed by atoms with Gasteiger partial charge in [-0.25, -0.2) is 0 Å². The van der Waals surface area contributed by atoms with Crippen LogP contribution in [-0.2, 0) is 16.0 Å². The molecule has 4 heteroatoms. The number of rotatable bonds is 5. The van der Waals surface area contributed by atoms with E-state index in [-0.39, 0.29) is 17.4 Å². The van der Waals surface area contributed by atoms with Crippen LogP contribution in [0.4, 0.5) is 0 Å². The quantitative estimate of drug-likeness (QED) is 0.847. The topological polar surface area (TPSA) is 58.2 Å². The van der Waals surface area contributed by atoms with E-state index in [0.717, 1.165) is 5.56 Å². The summed E-state index contributed by atoms with van der Waals surface area (Å²) in [6.45, 7) is 6.16. The molecule has 0 saturated carbocycles. The van der Waals surface area contributed by atoms with E-state index in [4.69, 9.17) is 0 Å². The van der Waals surface area contributed by atoms with Gasteiger partial charge in [0, 0.05) is 18.5 Å². The molecule has 2 N–H and O–H groups in total. The molecule has 0 aliphatic heterocycles. The number of hydrogen-bond acceptors (Lipinski definition) is 2. The highest BCUT2D eigenvalue weighted by molar-refractivity contribution is 5.80. The maximum absolute atomic E-state index is 11.6. The van der Waals surface area contributed by atoms with E-state index in [1.807, 2.05) is 51.1 Å². The molecule has 104 valence electrons. The van der Waals surface area contributed by atoms with E-state index in [1.54, 1.807) is 0 Å². The molecule has 1 aromatic rings. The number of nitrogens with one attached hydrogen (secondary N) is 2. The van der Waals surface area contributed by atoms with E-state index < -0.39 is 0 Å². The molecule has 19 heavy (non-hydrogen) atoms. The molecule has 0 atom stereocenters. The Morgan fingerprint density at radius 2 is 1.68 bits per heavy atom. The zero-order valence-corrected chi connectivity index (χ0v) is 11.8. The van der Waals surface area contributed by atoms with Crippen LogP contribution in [0.25, 0.3) is 0 Å². The summed E-state index contributed by atoms with van der Waals surface area (Å²) in [7, 11) is 0. The molecule has 1 rings (SSSR count). The number of carbonyl (C=O) groups is 2. The highest BCUT2D eigenvalue weighted by atomic mass is 16.2. The Hall–Kier alpha value is -1.84. The highest BCUT2D eigenvalue weighted by Gasteiger charge is 2.13. The number of carbonyl (C=O) groups excluding carboxylic acids is 2. The van der Waals surface area contributed by atoms with Gasteiger partial charge in [-0.15, -0.1) is 0 Å². The lowest BCUT2D eigenvalue weighted by Crippen LogP contribution is -2.42. The SMILES string of the molecule is CC(C)(C)NC(=O)CCNC(=O)Cc1ccccc1. The standard InChI is InChI=1S/C15H22N2O2/c1-15(2,3)17-13(18)9-10-16-14(19)11-12-7-5-4-6-8-12/h4-8H,9-11H2,1-3H3,(H,16,19)(H,17,18). The first kappa shape index (κ1) is 15.2. The first-order chi connectivity index (χ1) is 8.87. The molecular weight excluding hydrogens is 240 g/mol. The fourth-order valence-corrected chi connectivity index (χ4v) is 1.64. The van der Waals surface area contributed by atoms with Crippen molar-refractivity contribution in [1.82, 2.24) is 10.6 Å². The summed E-state index contributed by atoms with van der Waals surface area (Å²) in [4.78, 5) is 23.2. The fourth-order valence-electron chi connectivity index (χ4n) is 1.64. The van der Waals surface area contributed by atoms with Gasteiger partial charge < -0.3 is 10.6 Å². The Labute approximate surface area is 114 Å². The van der Waals surface area contributed by atoms with Crippen molar-refractivity contribution in [1.29, 1.82) is 0 Å². The zero-order valence-electron chi connectivity index (χ0n) is 11.8. The van der Waals surface area contributed by atoms with Gasteiger partial charge in [-0.05, 0) is 26.3 Å². The average molecular weight is 262 g/mol. The maximum atomic E-state index is 11.6. The van der Waals surface area contributed by atoms with Gasteiger partial charge in [0.05, 0.1) is 6.42 Å². The summed E-state index contributed by atoms with van der Waals surface area (Å²) in [5.74, 6) is -0.109. The smallest absolute Gasteiger partial charge is 0.224 e. The van der Waals surface area contributed by atoms with Crippen molar-refractivity contribution in [3.63, 3.8) is 0 Å². The Kier molecular flexibility index (Phi) is 5.55. The zero-order chi connectivity index (χ0) is 14.3. The van der Waals surface area contributed by atoms with Crippen LogP contribution in [0.5, 0.6) is 0 Å². The predicted molar refractivity (Wildman–Crippen MR) is 75.7 cm³/mol. The predicted octanol–water partition coefficient (Wildman–Crippen LogP) is 1.65. The summed E-state index contributed by atoms with van der Waals surface area (Å²) in [6, 6.07) is 9.54. The van der Waals surface area contributed by atoms with Crippen molar-refractivity contribution in [3.05, 3.63) is 35.9 Å². The van der Waals surface area contributed by atoms with Gasteiger partial charge in [-0.3, -0.25) is 9.59 Å². The van der Waals surface area contributed by atoms with Crippen LogP contribution < -0.4 is 10.6 Å². The van der Waals surface area contributed by atoms with E-state index >= 15 is 0 Å². The van der Waals surface area contributed by atoms with Crippen LogP contribution in [-0.4, -0.2) is 23.9 Å². The van der Waals surface area contributed by atoms with Crippen molar-refractivity contribution >= 4 is 11.8 Å². The molecule has 2 amide bonds. The third kappa shape index (κ3) is 7.24. The second kappa shape index (κ2) is 6.92.